The summed E-state index contributed by atoms with van der Waals surface area (Å²) < 4.78 is 0. The van der Waals surface area contributed by atoms with Crippen LogP contribution in [0.4, 0.5) is 0 Å². The summed E-state index contributed by atoms with van der Waals surface area (Å²) >= 11 is 0. The fraction of sp³-hybridized carbons (Fsp3) is 0.929. The molecule has 0 heterocycles. The quantitative estimate of drug-likeness (QED) is 0.639. The first kappa shape index (κ1) is 14.5. The molecule has 0 aromatic carbocycles. The molecular weight excluding hydrogens is 212 g/mol. The van der Waals surface area contributed by atoms with Crippen molar-refractivity contribution in [3.63, 3.8) is 0 Å². The van der Waals surface area contributed by atoms with Gasteiger partial charge in [0.1, 0.15) is 0 Å². The van der Waals surface area contributed by atoms with Gasteiger partial charge in [-0.2, -0.15) is 0 Å². The number of rotatable bonds is 8. The summed E-state index contributed by atoms with van der Waals surface area (Å²) in [6.07, 6.45) is 4.80. The van der Waals surface area contributed by atoms with Gasteiger partial charge in [0.15, 0.2) is 0 Å². The van der Waals surface area contributed by atoms with E-state index < -0.39 is 0 Å². The van der Waals surface area contributed by atoms with E-state index >= 15 is 0 Å². The highest BCUT2D eigenvalue weighted by Crippen LogP contribution is 2.51. The Morgan fingerprint density at radius 1 is 1.29 bits per heavy atom. The normalized spacial score (nSPS) is 19.1. The molecule has 1 saturated carbocycles. The molecule has 0 aliphatic heterocycles. The molecule has 0 bridgehead atoms. The smallest absolute Gasteiger partial charge is 0.236 e. The van der Waals surface area contributed by atoms with Crippen molar-refractivity contribution in [2.75, 3.05) is 13.1 Å². The average molecular weight is 240 g/mol. The van der Waals surface area contributed by atoms with Crippen LogP contribution in [0.15, 0.2) is 0 Å². The van der Waals surface area contributed by atoms with Crippen LogP contribution >= 0.6 is 0 Å². The standard InChI is InChI=1S/C14H28N2O/c1-5-6-9-15-13(17)12(4)16-10-14(7-8-14)11(2)3/h11-12,16H,5-10H2,1-4H3,(H,15,17). The lowest BCUT2D eigenvalue weighted by molar-refractivity contribution is -0.122. The van der Waals surface area contributed by atoms with Crippen LogP contribution in [0.5, 0.6) is 0 Å². The molecule has 100 valence electrons. The molecular formula is C14H28N2O. The maximum absolute atomic E-state index is 11.8. The van der Waals surface area contributed by atoms with E-state index in [-0.39, 0.29) is 11.9 Å². The number of carbonyl (C=O) groups is 1. The number of carbonyl (C=O) groups excluding carboxylic acids is 1. The first-order valence-corrected chi connectivity index (χ1v) is 7.03. The SMILES string of the molecule is CCCCNC(=O)C(C)NCC1(C(C)C)CC1. The molecule has 3 heteroatoms. The third-order valence-electron chi connectivity index (χ3n) is 4.10. The van der Waals surface area contributed by atoms with E-state index in [0.717, 1.165) is 25.9 Å². The predicted octanol–water partition coefficient (Wildman–Crippen LogP) is 2.32. The predicted molar refractivity (Wildman–Crippen MR) is 71.9 cm³/mol. The van der Waals surface area contributed by atoms with Gasteiger partial charge in [-0.3, -0.25) is 4.79 Å². The molecule has 1 atom stereocenters. The highest BCUT2D eigenvalue weighted by atomic mass is 16.2. The molecule has 17 heavy (non-hydrogen) atoms. The third kappa shape index (κ3) is 4.30. The fourth-order valence-corrected chi connectivity index (χ4v) is 2.11. The van der Waals surface area contributed by atoms with Crippen LogP contribution in [-0.4, -0.2) is 25.0 Å². The molecule has 1 aliphatic rings. The van der Waals surface area contributed by atoms with Gasteiger partial charge in [0, 0.05) is 13.1 Å². The van der Waals surface area contributed by atoms with Crippen molar-refractivity contribution in [3.05, 3.63) is 0 Å². The summed E-state index contributed by atoms with van der Waals surface area (Å²) in [7, 11) is 0. The van der Waals surface area contributed by atoms with E-state index in [9.17, 15) is 4.79 Å². The zero-order valence-corrected chi connectivity index (χ0v) is 11.8. The van der Waals surface area contributed by atoms with E-state index in [1.54, 1.807) is 0 Å². The van der Waals surface area contributed by atoms with Crippen molar-refractivity contribution in [3.8, 4) is 0 Å². The Morgan fingerprint density at radius 2 is 1.94 bits per heavy atom. The van der Waals surface area contributed by atoms with Crippen molar-refractivity contribution in [1.29, 1.82) is 0 Å². The van der Waals surface area contributed by atoms with Crippen LogP contribution in [0.2, 0.25) is 0 Å². The van der Waals surface area contributed by atoms with Gasteiger partial charge in [0.2, 0.25) is 5.91 Å². The van der Waals surface area contributed by atoms with Crippen molar-refractivity contribution < 1.29 is 4.79 Å². The van der Waals surface area contributed by atoms with Crippen LogP contribution in [0.25, 0.3) is 0 Å². The minimum atomic E-state index is -0.0666. The molecule has 0 aromatic rings. The highest BCUT2D eigenvalue weighted by molar-refractivity contribution is 5.81. The Kier molecular flexibility index (Phi) is 5.44. The summed E-state index contributed by atoms with van der Waals surface area (Å²) in [5.41, 5.74) is 0.470. The molecule has 0 saturated heterocycles. The van der Waals surface area contributed by atoms with E-state index in [1.165, 1.54) is 12.8 Å². The number of amides is 1. The summed E-state index contributed by atoms with van der Waals surface area (Å²) in [6.45, 7) is 10.4. The molecule has 0 aromatic heterocycles. The van der Waals surface area contributed by atoms with Gasteiger partial charge in [0.05, 0.1) is 6.04 Å². The van der Waals surface area contributed by atoms with E-state index in [2.05, 4.69) is 31.4 Å². The van der Waals surface area contributed by atoms with Crippen molar-refractivity contribution in [2.24, 2.45) is 11.3 Å². The third-order valence-corrected chi connectivity index (χ3v) is 4.10. The lowest BCUT2D eigenvalue weighted by Gasteiger charge is -2.22. The van der Waals surface area contributed by atoms with Crippen LogP contribution in [0, 0.1) is 11.3 Å². The monoisotopic (exact) mass is 240 g/mol. The summed E-state index contributed by atoms with van der Waals surface area (Å²) in [5, 5.41) is 6.35. The molecule has 1 fully saturated rings. The Hall–Kier alpha value is -0.570. The Balaban J connectivity index is 2.20. The van der Waals surface area contributed by atoms with E-state index in [1.807, 2.05) is 6.92 Å². The second-order valence-electron chi connectivity index (χ2n) is 5.76. The summed E-state index contributed by atoms with van der Waals surface area (Å²) in [4.78, 5) is 11.8. The Bertz CT molecular complexity index is 247. The zero-order valence-electron chi connectivity index (χ0n) is 11.8. The van der Waals surface area contributed by atoms with Crippen molar-refractivity contribution >= 4 is 5.91 Å². The molecule has 3 nitrogen and oxygen atoms in total. The van der Waals surface area contributed by atoms with Crippen LogP contribution < -0.4 is 10.6 Å². The van der Waals surface area contributed by atoms with Crippen LogP contribution in [-0.2, 0) is 4.79 Å². The topological polar surface area (TPSA) is 41.1 Å². The fourth-order valence-electron chi connectivity index (χ4n) is 2.11. The summed E-state index contributed by atoms with van der Waals surface area (Å²) in [6, 6.07) is -0.0666. The number of hydrogen-bond acceptors (Lipinski definition) is 2. The van der Waals surface area contributed by atoms with Gasteiger partial charge in [-0.05, 0) is 37.5 Å². The van der Waals surface area contributed by atoms with E-state index in [4.69, 9.17) is 0 Å². The minimum absolute atomic E-state index is 0.0666. The van der Waals surface area contributed by atoms with Gasteiger partial charge in [-0.25, -0.2) is 0 Å². The molecule has 1 rings (SSSR count). The second kappa shape index (κ2) is 6.39. The van der Waals surface area contributed by atoms with Gasteiger partial charge in [0.25, 0.3) is 0 Å². The van der Waals surface area contributed by atoms with E-state index in [0.29, 0.717) is 11.3 Å². The van der Waals surface area contributed by atoms with Gasteiger partial charge < -0.3 is 10.6 Å². The number of nitrogens with one attached hydrogen (secondary N) is 2. The molecule has 2 N–H and O–H groups in total. The van der Waals surface area contributed by atoms with Crippen molar-refractivity contribution in [2.45, 2.75) is 59.4 Å². The molecule has 0 spiro atoms. The largest absolute Gasteiger partial charge is 0.355 e. The highest BCUT2D eigenvalue weighted by Gasteiger charge is 2.45. The Labute approximate surface area is 106 Å². The maximum atomic E-state index is 11.8. The van der Waals surface area contributed by atoms with Crippen molar-refractivity contribution in [1.82, 2.24) is 10.6 Å². The molecule has 0 radical (unpaired) electrons. The Morgan fingerprint density at radius 3 is 2.41 bits per heavy atom. The second-order valence-corrected chi connectivity index (χ2v) is 5.76. The van der Waals surface area contributed by atoms with Crippen LogP contribution in [0.1, 0.15) is 53.4 Å². The minimum Gasteiger partial charge on any atom is -0.355 e. The number of hydrogen-bond donors (Lipinski definition) is 2. The molecule has 1 amide bonds. The molecule has 1 unspecified atom stereocenters. The first-order valence-electron chi connectivity index (χ1n) is 7.03. The van der Waals surface area contributed by atoms with Crippen LogP contribution in [0.3, 0.4) is 0 Å². The average Bonchev–Trinajstić information content (AvgIpc) is 3.07. The maximum Gasteiger partial charge on any atom is 0.236 e. The lowest BCUT2D eigenvalue weighted by Crippen LogP contribution is -2.45. The van der Waals surface area contributed by atoms with Gasteiger partial charge in [-0.15, -0.1) is 0 Å². The number of unbranched alkanes of at least 4 members (excludes halogenated alkanes) is 1. The summed E-state index contributed by atoms with van der Waals surface area (Å²) in [5.74, 6) is 0.850. The van der Waals surface area contributed by atoms with Gasteiger partial charge >= 0.3 is 0 Å². The lowest BCUT2D eigenvalue weighted by atomic mass is 9.92. The zero-order chi connectivity index (χ0) is 12.9. The first-order chi connectivity index (χ1) is 8.02. The molecule has 1 aliphatic carbocycles. The van der Waals surface area contributed by atoms with Gasteiger partial charge in [-0.1, -0.05) is 27.2 Å².